The van der Waals surface area contributed by atoms with Gasteiger partial charge in [0.15, 0.2) is 0 Å². The first-order valence-electron chi connectivity index (χ1n) is 4.82. The van der Waals surface area contributed by atoms with Crippen molar-refractivity contribution in [3.63, 3.8) is 0 Å². The molecule has 0 aliphatic heterocycles. The zero-order chi connectivity index (χ0) is 10.2. The van der Waals surface area contributed by atoms with E-state index in [0.29, 0.717) is 0 Å². The lowest BCUT2D eigenvalue weighted by molar-refractivity contribution is -0.138. The van der Waals surface area contributed by atoms with Crippen molar-refractivity contribution in [1.82, 2.24) is 9.78 Å². The topological polar surface area (TPSA) is 55.1 Å². The van der Waals surface area contributed by atoms with Gasteiger partial charge >= 0.3 is 5.97 Å². The van der Waals surface area contributed by atoms with Gasteiger partial charge in [-0.3, -0.25) is 9.48 Å². The molecule has 0 aromatic carbocycles. The first kappa shape index (κ1) is 9.24. The summed E-state index contributed by atoms with van der Waals surface area (Å²) in [6.07, 6.45) is 4.05. The van der Waals surface area contributed by atoms with E-state index in [4.69, 9.17) is 5.11 Å². The molecule has 1 aliphatic carbocycles. The molecule has 14 heavy (non-hydrogen) atoms. The van der Waals surface area contributed by atoms with Crippen LogP contribution in [0, 0.1) is 12.3 Å². The van der Waals surface area contributed by atoms with E-state index >= 15 is 0 Å². The summed E-state index contributed by atoms with van der Waals surface area (Å²) in [6, 6.07) is 1.94. The molecular formula is C10H14N2O2. The summed E-state index contributed by atoms with van der Waals surface area (Å²) in [5.74, 6) is -0.702. The number of nitrogens with zero attached hydrogens (tertiary/aromatic N) is 2. The lowest BCUT2D eigenvalue weighted by Gasteiger charge is -2.13. The molecule has 0 spiro atoms. The third kappa shape index (κ3) is 1.78. The van der Waals surface area contributed by atoms with Gasteiger partial charge in [0.2, 0.25) is 0 Å². The van der Waals surface area contributed by atoms with Gasteiger partial charge in [-0.2, -0.15) is 5.10 Å². The molecule has 0 amide bonds. The highest BCUT2D eigenvalue weighted by molar-refractivity contribution is 5.68. The Labute approximate surface area is 82.5 Å². The first-order valence-corrected chi connectivity index (χ1v) is 4.82. The molecule has 1 fully saturated rings. The Morgan fingerprint density at radius 1 is 1.71 bits per heavy atom. The molecule has 0 bridgehead atoms. The molecule has 0 saturated heterocycles. The fourth-order valence-electron chi connectivity index (χ4n) is 1.77. The van der Waals surface area contributed by atoms with Crippen LogP contribution in [0.25, 0.3) is 0 Å². The smallest absolute Gasteiger partial charge is 0.303 e. The van der Waals surface area contributed by atoms with Gasteiger partial charge in [-0.15, -0.1) is 0 Å². The molecule has 1 aliphatic rings. The van der Waals surface area contributed by atoms with Gasteiger partial charge in [-0.25, -0.2) is 0 Å². The molecule has 1 aromatic rings. The van der Waals surface area contributed by atoms with E-state index in [1.165, 1.54) is 0 Å². The molecule has 4 nitrogen and oxygen atoms in total. The zero-order valence-corrected chi connectivity index (χ0v) is 8.23. The molecule has 1 aromatic heterocycles. The third-order valence-corrected chi connectivity index (χ3v) is 2.90. The van der Waals surface area contributed by atoms with E-state index < -0.39 is 5.97 Å². The van der Waals surface area contributed by atoms with Crippen molar-refractivity contribution in [2.75, 3.05) is 0 Å². The van der Waals surface area contributed by atoms with Crippen molar-refractivity contribution in [2.45, 2.75) is 32.7 Å². The second-order valence-corrected chi connectivity index (χ2v) is 4.20. The largest absolute Gasteiger partial charge is 0.481 e. The summed E-state index contributed by atoms with van der Waals surface area (Å²) >= 11 is 0. The fourth-order valence-corrected chi connectivity index (χ4v) is 1.77. The highest BCUT2D eigenvalue weighted by atomic mass is 16.4. The van der Waals surface area contributed by atoms with Crippen LogP contribution < -0.4 is 0 Å². The number of aryl methyl sites for hydroxylation is 1. The van der Waals surface area contributed by atoms with E-state index in [-0.39, 0.29) is 11.8 Å². The molecule has 0 unspecified atom stereocenters. The lowest BCUT2D eigenvalue weighted by atomic mass is 10.0. The van der Waals surface area contributed by atoms with Crippen LogP contribution in [0.1, 0.15) is 25.0 Å². The highest BCUT2D eigenvalue weighted by Crippen LogP contribution is 2.50. The van der Waals surface area contributed by atoms with E-state index in [1.54, 1.807) is 6.20 Å². The SMILES string of the molecule is Cc1ccnn1CC1(CC(=O)O)CC1. The minimum absolute atomic E-state index is 0.0113. The van der Waals surface area contributed by atoms with E-state index in [9.17, 15) is 4.79 Å². The molecule has 4 heteroatoms. The molecule has 2 rings (SSSR count). The Bertz CT molecular complexity index is 353. The number of rotatable bonds is 4. The van der Waals surface area contributed by atoms with Crippen LogP contribution in [0.4, 0.5) is 0 Å². The number of aromatic nitrogens is 2. The van der Waals surface area contributed by atoms with Crippen molar-refractivity contribution in [2.24, 2.45) is 5.41 Å². The normalized spacial score (nSPS) is 18.1. The number of carboxylic acids is 1. The van der Waals surface area contributed by atoms with Crippen LogP contribution >= 0.6 is 0 Å². The van der Waals surface area contributed by atoms with Crippen LogP contribution in [0.3, 0.4) is 0 Å². The van der Waals surface area contributed by atoms with E-state index in [2.05, 4.69) is 5.10 Å². The second-order valence-electron chi connectivity index (χ2n) is 4.20. The van der Waals surface area contributed by atoms with Crippen molar-refractivity contribution in [3.05, 3.63) is 18.0 Å². The van der Waals surface area contributed by atoms with E-state index in [1.807, 2.05) is 17.7 Å². The monoisotopic (exact) mass is 194 g/mol. The van der Waals surface area contributed by atoms with E-state index in [0.717, 1.165) is 25.1 Å². The van der Waals surface area contributed by atoms with Crippen molar-refractivity contribution in [3.8, 4) is 0 Å². The highest BCUT2D eigenvalue weighted by Gasteiger charge is 2.45. The first-order chi connectivity index (χ1) is 6.61. The van der Waals surface area contributed by atoms with Gasteiger partial charge in [0.1, 0.15) is 0 Å². The van der Waals surface area contributed by atoms with Crippen LogP contribution in [0.15, 0.2) is 12.3 Å². The maximum atomic E-state index is 10.6. The molecule has 76 valence electrons. The van der Waals surface area contributed by atoms with Crippen molar-refractivity contribution < 1.29 is 9.90 Å². The van der Waals surface area contributed by atoms with Gasteiger partial charge in [-0.1, -0.05) is 0 Å². The summed E-state index contributed by atoms with van der Waals surface area (Å²) in [6.45, 7) is 2.74. The Morgan fingerprint density at radius 3 is 2.86 bits per heavy atom. The number of aliphatic carboxylic acids is 1. The Kier molecular flexibility index (Phi) is 2.06. The van der Waals surface area contributed by atoms with Crippen molar-refractivity contribution >= 4 is 5.97 Å². The summed E-state index contributed by atoms with van der Waals surface area (Å²) < 4.78 is 1.90. The predicted molar refractivity (Wildman–Crippen MR) is 50.9 cm³/mol. The average Bonchev–Trinajstić information content (AvgIpc) is 2.70. The Balaban J connectivity index is 2.04. The van der Waals surface area contributed by atoms with Gasteiger partial charge in [0.25, 0.3) is 0 Å². The molecule has 1 heterocycles. The van der Waals surface area contributed by atoms with Crippen LogP contribution in [0.2, 0.25) is 0 Å². The number of hydrogen-bond donors (Lipinski definition) is 1. The predicted octanol–water partition coefficient (Wildman–Crippen LogP) is 1.45. The van der Waals surface area contributed by atoms with Crippen LogP contribution in [-0.2, 0) is 11.3 Å². The maximum Gasteiger partial charge on any atom is 0.303 e. The molecule has 1 saturated carbocycles. The average molecular weight is 194 g/mol. The standard InChI is InChI=1S/C10H14N2O2/c1-8-2-5-11-12(8)7-10(3-4-10)6-9(13)14/h2,5H,3-4,6-7H2,1H3,(H,13,14). The van der Waals surface area contributed by atoms with Crippen LogP contribution in [0.5, 0.6) is 0 Å². The number of hydrogen-bond acceptors (Lipinski definition) is 2. The maximum absolute atomic E-state index is 10.6. The molecule has 0 radical (unpaired) electrons. The number of carbonyl (C=O) groups is 1. The van der Waals surface area contributed by atoms with Gasteiger partial charge in [0.05, 0.1) is 6.42 Å². The quantitative estimate of drug-likeness (QED) is 0.789. The Morgan fingerprint density at radius 2 is 2.43 bits per heavy atom. The zero-order valence-electron chi connectivity index (χ0n) is 8.23. The fraction of sp³-hybridized carbons (Fsp3) is 0.600. The number of carboxylic acid groups (broad SMARTS) is 1. The molecule has 0 atom stereocenters. The molecule has 1 N–H and O–H groups in total. The minimum Gasteiger partial charge on any atom is -0.481 e. The summed E-state index contributed by atoms with van der Waals surface area (Å²) in [7, 11) is 0. The van der Waals surface area contributed by atoms with Gasteiger partial charge in [-0.05, 0) is 25.8 Å². The summed E-state index contributed by atoms with van der Waals surface area (Å²) in [5, 5.41) is 12.9. The van der Waals surface area contributed by atoms with Crippen LogP contribution in [-0.4, -0.2) is 20.9 Å². The van der Waals surface area contributed by atoms with Gasteiger partial charge in [0, 0.05) is 23.9 Å². The van der Waals surface area contributed by atoms with Crippen molar-refractivity contribution in [1.29, 1.82) is 0 Å². The Hall–Kier alpha value is -1.32. The second kappa shape index (κ2) is 3.12. The molecular weight excluding hydrogens is 180 g/mol. The lowest BCUT2D eigenvalue weighted by Crippen LogP contribution is -2.17. The van der Waals surface area contributed by atoms with Gasteiger partial charge < -0.3 is 5.11 Å². The third-order valence-electron chi connectivity index (χ3n) is 2.90. The summed E-state index contributed by atoms with van der Waals surface area (Å²) in [5.41, 5.74) is 1.09. The minimum atomic E-state index is -0.702. The summed E-state index contributed by atoms with van der Waals surface area (Å²) in [4.78, 5) is 10.6.